The average Bonchev–Trinajstić information content (AvgIpc) is 2.44. The summed E-state index contributed by atoms with van der Waals surface area (Å²) in [6, 6.07) is -0.361. The molecule has 4 N–H and O–H groups in total. The van der Waals surface area contributed by atoms with Gasteiger partial charge in [-0.1, -0.05) is 6.92 Å². The maximum Gasteiger partial charge on any atom is 0.242 e. The number of carbonyl (C=O) groups excluding carboxylic acids is 2. The molecular weight excluding hydrogens is 206 g/mol. The van der Waals surface area contributed by atoms with Gasteiger partial charge in [-0.25, -0.2) is 0 Å². The summed E-state index contributed by atoms with van der Waals surface area (Å²) >= 11 is 0. The minimum atomic E-state index is -0.361. The fraction of sp³-hybridized carbons (Fsp3) is 0.818. The van der Waals surface area contributed by atoms with Crippen LogP contribution in [0.15, 0.2) is 0 Å². The van der Waals surface area contributed by atoms with E-state index in [4.69, 9.17) is 5.73 Å². The Kier molecular flexibility index (Phi) is 5.25. The van der Waals surface area contributed by atoms with E-state index in [9.17, 15) is 9.59 Å². The Morgan fingerprint density at radius 3 is 3.06 bits per heavy atom. The molecule has 2 unspecified atom stereocenters. The molecule has 0 bridgehead atoms. The van der Waals surface area contributed by atoms with E-state index in [1.807, 2.05) is 6.92 Å². The standard InChI is InChI=1S/C11H21N3O2/c1-8(7-12)6-10(15)14-9-4-2-3-5-13-11(9)16/h8-9H,2-7,12H2,1H3,(H,13,16)(H,14,15). The van der Waals surface area contributed by atoms with Crippen molar-refractivity contribution in [1.29, 1.82) is 0 Å². The Balaban J connectivity index is 2.39. The van der Waals surface area contributed by atoms with Crippen molar-refractivity contribution in [2.75, 3.05) is 13.1 Å². The highest BCUT2D eigenvalue weighted by atomic mass is 16.2. The van der Waals surface area contributed by atoms with Crippen LogP contribution in [0, 0.1) is 5.92 Å². The van der Waals surface area contributed by atoms with Crippen molar-refractivity contribution in [2.24, 2.45) is 11.7 Å². The molecule has 5 heteroatoms. The van der Waals surface area contributed by atoms with E-state index in [-0.39, 0.29) is 23.8 Å². The van der Waals surface area contributed by atoms with Crippen LogP contribution in [0.1, 0.15) is 32.6 Å². The van der Waals surface area contributed by atoms with Crippen LogP contribution >= 0.6 is 0 Å². The molecule has 1 fully saturated rings. The fourth-order valence-corrected chi connectivity index (χ4v) is 1.73. The third-order valence-corrected chi connectivity index (χ3v) is 2.81. The minimum absolute atomic E-state index is 0.0637. The van der Waals surface area contributed by atoms with Crippen LogP contribution in [0.4, 0.5) is 0 Å². The van der Waals surface area contributed by atoms with Gasteiger partial charge in [0.1, 0.15) is 6.04 Å². The largest absolute Gasteiger partial charge is 0.354 e. The molecule has 1 saturated heterocycles. The Morgan fingerprint density at radius 1 is 1.62 bits per heavy atom. The van der Waals surface area contributed by atoms with Crippen molar-refractivity contribution >= 4 is 11.8 Å². The topological polar surface area (TPSA) is 84.2 Å². The number of nitrogens with two attached hydrogens (primary N) is 1. The summed E-state index contributed by atoms with van der Waals surface area (Å²) in [6.07, 6.45) is 3.07. The normalized spacial score (nSPS) is 23.1. The lowest BCUT2D eigenvalue weighted by atomic mass is 10.1. The molecule has 0 saturated carbocycles. The van der Waals surface area contributed by atoms with Gasteiger partial charge in [0.05, 0.1) is 0 Å². The van der Waals surface area contributed by atoms with Crippen LogP contribution in [-0.2, 0) is 9.59 Å². The van der Waals surface area contributed by atoms with Crippen LogP contribution in [0.2, 0.25) is 0 Å². The molecule has 92 valence electrons. The number of carbonyl (C=O) groups is 2. The first kappa shape index (κ1) is 13.0. The Morgan fingerprint density at radius 2 is 2.38 bits per heavy atom. The zero-order valence-corrected chi connectivity index (χ0v) is 9.79. The number of hydrogen-bond donors (Lipinski definition) is 3. The molecule has 1 heterocycles. The van der Waals surface area contributed by atoms with Crippen molar-refractivity contribution in [1.82, 2.24) is 10.6 Å². The second-order valence-corrected chi connectivity index (χ2v) is 4.45. The van der Waals surface area contributed by atoms with Gasteiger partial charge < -0.3 is 16.4 Å². The molecule has 5 nitrogen and oxygen atoms in total. The molecule has 0 aliphatic carbocycles. The average molecular weight is 227 g/mol. The summed E-state index contributed by atoms with van der Waals surface area (Å²) in [4.78, 5) is 23.1. The second kappa shape index (κ2) is 6.48. The van der Waals surface area contributed by atoms with Gasteiger partial charge in [0.2, 0.25) is 11.8 Å². The van der Waals surface area contributed by atoms with Gasteiger partial charge in [-0.05, 0) is 31.7 Å². The van der Waals surface area contributed by atoms with Crippen molar-refractivity contribution in [3.63, 3.8) is 0 Å². The lowest BCUT2D eigenvalue weighted by molar-refractivity contribution is -0.129. The van der Waals surface area contributed by atoms with Crippen LogP contribution in [0.3, 0.4) is 0 Å². The predicted octanol–water partition coefficient (Wildman–Crippen LogP) is -0.244. The van der Waals surface area contributed by atoms with Crippen LogP contribution in [-0.4, -0.2) is 30.9 Å². The van der Waals surface area contributed by atoms with E-state index in [0.717, 1.165) is 19.3 Å². The molecule has 1 rings (SSSR count). The quantitative estimate of drug-likeness (QED) is 0.619. The third kappa shape index (κ3) is 4.18. The van der Waals surface area contributed by atoms with E-state index in [0.29, 0.717) is 19.5 Å². The van der Waals surface area contributed by atoms with E-state index in [2.05, 4.69) is 10.6 Å². The molecule has 1 aliphatic heterocycles. The summed E-state index contributed by atoms with van der Waals surface area (Å²) in [5, 5.41) is 5.56. The number of hydrogen-bond acceptors (Lipinski definition) is 3. The smallest absolute Gasteiger partial charge is 0.242 e. The van der Waals surface area contributed by atoms with E-state index >= 15 is 0 Å². The zero-order chi connectivity index (χ0) is 12.0. The highest BCUT2D eigenvalue weighted by molar-refractivity contribution is 5.87. The number of amides is 2. The molecule has 0 spiro atoms. The van der Waals surface area contributed by atoms with Crippen LogP contribution in [0.25, 0.3) is 0 Å². The molecule has 1 aliphatic rings. The number of rotatable bonds is 4. The molecule has 2 atom stereocenters. The molecule has 0 aromatic carbocycles. The van der Waals surface area contributed by atoms with Gasteiger partial charge in [-0.2, -0.15) is 0 Å². The molecule has 0 radical (unpaired) electrons. The lowest BCUT2D eigenvalue weighted by Gasteiger charge is -2.16. The molecular formula is C11H21N3O2. The minimum Gasteiger partial charge on any atom is -0.354 e. The van der Waals surface area contributed by atoms with Crippen molar-refractivity contribution in [3.05, 3.63) is 0 Å². The van der Waals surface area contributed by atoms with Gasteiger partial charge in [0.15, 0.2) is 0 Å². The first-order valence-electron chi connectivity index (χ1n) is 5.90. The monoisotopic (exact) mass is 227 g/mol. The summed E-state index contributed by atoms with van der Waals surface area (Å²) in [5.41, 5.74) is 5.45. The number of nitrogens with one attached hydrogen (secondary N) is 2. The first-order valence-corrected chi connectivity index (χ1v) is 5.90. The Labute approximate surface area is 96.1 Å². The Bertz CT molecular complexity index is 256. The third-order valence-electron chi connectivity index (χ3n) is 2.81. The van der Waals surface area contributed by atoms with Crippen molar-refractivity contribution < 1.29 is 9.59 Å². The maximum atomic E-state index is 11.6. The molecule has 16 heavy (non-hydrogen) atoms. The lowest BCUT2D eigenvalue weighted by Crippen LogP contribution is -2.45. The van der Waals surface area contributed by atoms with Crippen LogP contribution in [0.5, 0.6) is 0 Å². The van der Waals surface area contributed by atoms with Crippen LogP contribution < -0.4 is 16.4 Å². The summed E-state index contributed by atoms with van der Waals surface area (Å²) in [7, 11) is 0. The van der Waals surface area contributed by atoms with Crippen molar-refractivity contribution in [2.45, 2.75) is 38.6 Å². The SMILES string of the molecule is CC(CN)CC(=O)NC1CCCCNC1=O. The van der Waals surface area contributed by atoms with Gasteiger partial charge in [0.25, 0.3) is 0 Å². The Hall–Kier alpha value is -1.10. The highest BCUT2D eigenvalue weighted by Crippen LogP contribution is 2.06. The van der Waals surface area contributed by atoms with E-state index in [1.165, 1.54) is 0 Å². The van der Waals surface area contributed by atoms with Gasteiger partial charge >= 0.3 is 0 Å². The first-order chi connectivity index (χ1) is 7.63. The summed E-state index contributed by atoms with van der Waals surface area (Å²) in [5.74, 6) is 0.0140. The molecule has 0 aromatic heterocycles. The van der Waals surface area contributed by atoms with Gasteiger partial charge in [0, 0.05) is 13.0 Å². The maximum absolute atomic E-state index is 11.6. The highest BCUT2D eigenvalue weighted by Gasteiger charge is 2.22. The predicted molar refractivity (Wildman–Crippen MR) is 61.6 cm³/mol. The molecule has 0 aromatic rings. The molecule has 2 amide bonds. The van der Waals surface area contributed by atoms with E-state index in [1.54, 1.807) is 0 Å². The fourth-order valence-electron chi connectivity index (χ4n) is 1.73. The summed E-state index contributed by atoms with van der Waals surface area (Å²) in [6.45, 7) is 3.13. The van der Waals surface area contributed by atoms with Gasteiger partial charge in [-0.3, -0.25) is 9.59 Å². The van der Waals surface area contributed by atoms with Gasteiger partial charge in [-0.15, -0.1) is 0 Å². The second-order valence-electron chi connectivity index (χ2n) is 4.45. The summed E-state index contributed by atoms with van der Waals surface area (Å²) < 4.78 is 0. The van der Waals surface area contributed by atoms with E-state index < -0.39 is 0 Å². The van der Waals surface area contributed by atoms with Crippen molar-refractivity contribution in [3.8, 4) is 0 Å². The zero-order valence-electron chi connectivity index (χ0n) is 9.79.